The molecule has 1 aliphatic heterocycles. The number of aliphatic carboxylic acids is 1. The van der Waals surface area contributed by atoms with E-state index in [0.717, 1.165) is 12.2 Å². The van der Waals surface area contributed by atoms with Crippen LogP contribution in [-0.4, -0.2) is 34.7 Å². The number of carbonyl (C=O) groups is 1. The third-order valence-electron chi connectivity index (χ3n) is 6.70. The van der Waals surface area contributed by atoms with Crippen molar-refractivity contribution in [1.82, 2.24) is 4.90 Å². The molecule has 12 heteroatoms. The number of likely N-dealkylation sites (tertiary alicyclic amines) is 1. The van der Waals surface area contributed by atoms with E-state index in [9.17, 15) is 44.3 Å². The number of nitrogens with zero attached hydrogens (tertiary/aromatic N) is 1. The van der Waals surface area contributed by atoms with Gasteiger partial charge in [-0.05, 0) is 67.8 Å². The predicted octanol–water partition coefficient (Wildman–Crippen LogP) is 7.23. The van der Waals surface area contributed by atoms with Crippen molar-refractivity contribution in [2.24, 2.45) is 11.8 Å². The molecular formula is C24H24F9NO2. The van der Waals surface area contributed by atoms with Gasteiger partial charge in [-0.25, -0.2) is 0 Å². The Bertz CT molecular complexity index is 1010. The largest absolute Gasteiger partial charge is 0.481 e. The molecule has 3 nitrogen and oxygen atoms in total. The fourth-order valence-corrected chi connectivity index (χ4v) is 4.88. The standard InChI is InChI=1S/C24H24F9NO2/c25-22(26,27)17-4-2-15(3-5-17)20-11-14(1-8-21(35)36)9-10-34(20)13-16-12-18(23(28,29)30)6-7-19(16)24(31,32)33/h2,4-7,12,14-15,20H,1,3,8-11,13H2,(H,35,36)/t14-,15?,20+/m0/s1. The van der Waals surface area contributed by atoms with E-state index < -0.39 is 65.3 Å². The summed E-state index contributed by atoms with van der Waals surface area (Å²) in [6.45, 7) is -0.308. The van der Waals surface area contributed by atoms with E-state index in [2.05, 4.69) is 0 Å². The molecule has 0 amide bonds. The van der Waals surface area contributed by atoms with E-state index in [0.29, 0.717) is 31.0 Å². The normalized spacial score (nSPS) is 24.0. The van der Waals surface area contributed by atoms with E-state index in [1.807, 2.05) is 0 Å². The Morgan fingerprint density at radius 1 is 1.00 bits per heavy atom. The van der Waals surface area contributed by atoms with Gasteiger partial charge in [0.2, 0.25) is 0 Å². The first kappa shape index (κ1) is 28.1. The second-order valence-electron chi connectivity index (χ2n) is 9.14. The number of carboxylic acids is 1. The molecule has 2 aliphatic rings. The molecule has 0 spiro atoms. The van der Waals surface area contributed by atoms with Crippen LogP contribution in [-0.2, 0) is 23.7 Å². The maximum Gasteiger partial charge on any atom is 0.416 e. The minimum absolute atomic E-state index is 0.0487. The first-order valence-electron chi connectivity index (χ1n) is 11.2. The molecule has 3 rings (SSSR count). The van der Waals surface area contributed by atoms with Gasteiger partial charge in [0.05, 0.1) is 16.7 Å². The van der Waals surface area contributed by atoms with E-state index in [1.165, 1.54) is 6.08 Å². The number of hydrogen-bond acceptors (Lipinski definition) is 2. The van der Waals surface area contributed by atoms with Crippen LogP contribution in [0.1, 0.15) is 48.8 Å². The molecule has 36 heavy (non-hydrogen) atoms. The molecule has 1 heterocycles. The van der Waals surface area contributed by atoms with Crippen molar-refractivity contribution in [3.63, 3.8) is 0 Å². The van der Waals surface area contributed by atoms with Gasteiger partial charge in [-0.3, -0.25) is 9.69 Å². The monoisotopic (exact) mass is 529 g/mol. The lowest BCUT2D eigenvalue weighted by atomic mass is 9.78. The van der Waals surface area contributed by atoms with Gasteiger partial charge in [0.15, 0.2) is 0 Å². The number of alkyl halides is 9. The second kappa shape index (κ2) is 10.5. The fourth-order valence-electron chi connectivity index (χ4n) is 4.88. The lowest BCUT2D eigenvalue weighted by Crippen LogP contribution is -2.46. The highest BCUT2D eigenvalue weighted by Crippen LogP contribution is 2.40. The summed E-state index contributed by atoms with van der Waals surface area (Å²) in [6, 6.07) is 0.658. The van der Waals surface area contributed by atoms with Gasteiger partial charge >= 0.3 is 24.5 Å². The summed E-state index contributed by atoms with van der Waals surface area (Å²) in [5, 5.41) is 8.98. The van der Waals surface area contributed by atoms with Crippen LogP contribution in [0, 0.1) is 11.8 Å². The molecule has 1 unspecified atom stereocenters. The van der Waals surface area contributed by atoms with E-state index >= 15 is 0 Å². The van der Waals surface area contributed by atoms with Crippen LogP contribution in [0.15, 0.2) is 42.0 Å². The number of benzene rings is 1. The van der Waals surface area contributed by atoms with Crippen molar-refractivity contribution in [2.75, 3.05) is 6.54 Å². The topological polar surface area (TPSA) is 40.5 Å². The Morgan fingerprint density at radius 3 is 2.22 bits per heavy atom. The molecule has 0 radical (unpaired) electrons. The summed E-state index contributed by atoms with van der Waals surface area (Å²) in [6.07, 6.45) is -10.3. The smallest absolute Gasteiger partial charge is 0.416 e. The maximum absolute atomic E-state index is 13.6. The summed E-state index contributed by atoms with van der Waals surface area (Å²) < 4.78 is 120. The molecule has 0 saturated carbocycles. The lowest BCUT2D eigenvalue weighted by Gasteiger charge is -2.43. The highest BCUT2D eigenvalue weighted by atomic mass is 19.4. The SMILES string of the molecule is O=C(O)CC[C@H]1CCN(Cc2cc(C(F)(F)F)ccc2C(F)(F)F)[C@@H](C2C=CC(C(F)(F)F)=CC2)C1. The number of halogens is 9. The molecule has 1 saturated heterocycles. The minimum Gasteiger partial charge on any atom is -0.481 e. The molecule has 0 bridgehead atoms. The first-order chi connectivity index (χ1) is 16.6. The molecule has 1 aliphatic carbocycles. The molecule has 3 atom stereocenters. The summed E-state index contributed by atoms with van der Waals surface area (Å²) in [5.41, 5.74) is -3.85. The van der Waals surface area contributed by atoms with Gasteiger partial charge in [0.25, 0.3) is 0 Å². The molecule has 1 aromatic carbocycles. The van der Waals surface area contributed by atoms with Crippen LogP contribution in [0.4, 0.5) is 39.5 Å². The number of hydrogen-bond donors (Lipinski definition) is 1. The van der Waals surface area contributed by atoms with Crippen LogP contribution in [0.25, 0.3) is 0 Å². The number of carboxylic acid groups (broad SMARTS) is 1. The van der Waals surface area contributed by atoms with Crippen molar-refractivity contribution < 1.29 is 49.4 Å². The van der Waals surface area contributed by atoms with Crippen LogP contribution < -0.4 is 0 Å². The Labute approximate surface area is 201 Å². The Kier molecular flexibility index (Phi) is 8.17. The number of piperidine rings is 1. The summed E-state index contributed by atoms with van der Waals surface area (Å²) in [5.74, 6) is -1.68. The van der Waals surface area contributed by atoms with Crippen molar-refractivity contribution in [1.29, 1.82) is 0 Å². The van der Waals surface area contributed by atoms with Crippen molar-refractivity contribution in [3.8, 4) is 0 Å². The number of rotatable bonds is 6. The average molecular weight is 529 g/mol. The zero-order valence-corrected chi connectivity index (χ0v) is 18.9. The quantitative estimate of drug-likeness (QED) is 0.395. The van der Waals surface area contributed by atoms with Gasteiger partial charge in [-0.1, -0.05) is 18.2 Å². The highest BCUT2D eigenvalue weighted by molar-refractivity contribution is 5.66. The van der Waals surface area contributed by atoms with Gasteiger partial charge in [0.1, 0.15) is 0 Å². The summed E-state index contributed by atoms with van der Waals surface area (Å²) in [7, 11) is 0. The molecule has 0 aromatic heterocycles. The van der Waals surface area contributed by atoms with Gasteiger partial charge in [0, 0.05) is 19.0 Å². The average Bonchev–Trinajstić information content (AvgIpc) is 2.76. The third kappa shape index (κ3) is 7.04. The highest BCUT2D eigenvalue weighted by Gasteiger charge is 2.40. The van der Waals surface area contributed by atoms with Gasteiger partial charge < -0.3 is 5.11 Å². The predicted molar refractivity (Wildman–Crippen MR) is 112 cm³/mol. The molecular weight excluding hydrogens is 505 g/mol. The van der Waals surface area contributed by atoms with E-state index in [4.69, 9.17) is 5.11 Å². The lowest BCUT2D eigenvalue weighted by molar-refractivity contribution is -0.142. The van der Waals surface area contributed by atoms with Crippen LogP contribution >= 0.6 is 0 Å². The van der Waals surface area contributed by atoms with E-state index in [1.54, 1.807) is 4.90 Å². The molecule has 1 fully saturated rings. The van der Waals surface area contributed by atoms with Crippen molar-refractivity contribution in [2.45, 2.75) is 63.2 Å². The molecule has 200 valence electrons. The molecule has 1 aromatic rings. The van der Waals surface area contributed by atoms with E-state index in [-0.39, 0.29) is 31.7 Å². The molecule has 1 N–H and O–H groups in total. The Hall–Kier alpha value is -2.50. The van der Waals surface area contributed by atoms with Crippen LogP contribution in [0.2, 0.25) is 0 Å². The Morgan fingerprint density at radius 2 is 1.69 bits per heavy atom. The summed E-state index contributed by atoms with van der Waals surface area (Å²) in [4.78, 5) is 12.5. The van der Waals surface area contributed by atoms with Gasteiger partial charge in [-0.15, -0.1) is 0 Å². The number of allylic oxidation sites excluding steroid dienone is 3. The van der Waals surface area contributed by atoms with Gasteiger partial charge in [-0.2, -0.15) is 39.5 Å². The van der Waals surface area contributed by atoms with Crippen molar-refractivity contribution >= 4 is 5.97 Å². The second-order valence-corrected chi connectivity index (χ2v) is 9.14. The summed E-state index contributed by atoms with van der Waals surface area (Å²) >= 11 is 0. The Balaban J connectivity index is 1.91. The first-order valence-corrected chi connectivity index (χ1v) is 11.2. The fraction of sp³-hybridized carbons (Fsp3) is 0.542. The van der Waals surface area contributed by atoms with Crippen LogP contribution in [0.5, 0.6) is 0 Å². The minimum atomic E-state index is -4.90. The third-order valence-corrected chi connectivity index (χ3v) is 6.70. The maximum atomic E-state index is 13.6. The zero-order chi connectivity index (χ0) is 26.9. The zero-order valence-electron chi connectivity index (χ0n) is 18.9. The van der Waals surface area contributed by atoms with Crippen LogP contribution in [0.3, 0.4) is 0 Å². The van der Waals surface area contributed by atoms with Crippen molar-refractivity contribution in [3.05, 3.63) is 58.7 Å².